The first-order valence-electron chi connectivity index (χ1n) is 15.1. The van der Waals surface area contributed by atoms with Gasteiger partial charge in [-0.15, -0.1) is 11.8 Å². The van der Waals surface area contributed by atoms with Gasteiger partial charge < -0.3 is 19.8 Å². The molecule has 2 saturated carbocycles. The van der Waals surface area contributed by atoms with Crippen molar-refractivity contribution < 1.29 is 23.9 Å². The van der Waals surface area contributed by atoms with Gasteiger partial charge in [0.1, 0.15) is 0 Å². The van der Waals surface area contributed by atoms with Gasteiger partial charge in [0.25, 0.3) is 5.91 Å². The number of nitrogens with zero attached hydrogens (tertiary/aromatic N) is 1. The number of nitrogens with one attached hydrogen (secondary N) is 2. The molecule has 3 amide bonds. The summed E-state index contributed by atoms with van der Waals surface area (Å²) in [7, 11) is 1.54. The Hall–Kier alpha value is -3.77. The fourth-order valence-electron chi connectivity index (χ4n) is 8.11. The number of thiazole rings is 1. The fraction of sp³-hybridized carbons (Fsp3) is 0.294. The highest BCUT2D eigenvalue weighted by Crippen LogP contribution is 2.68. The molecule has 3 heterocycles. The van der Waals surface area contributed by atoms with E-state index in [-0.39, 0.29) is 58.1 Å². The van der Waals surface area contributed by atoms with E-state index in [9.17, 15) is 19.2 Å². The molecule has 2 N–H and O–H groups in total. The number of carbonyl (C=O) groups is 3. The fourth-order valence-corrected chi connectivity index (χ4v) is 11.2. The van der Waals surface area contributed by atoms with Crippen LogP contribution in [0, 0.1) is 29.6 Å². The number of rotatable bonds is 7. The number of anilines is 2. The Bertz CT molecular complexity index is 1980. The van der Waals surface area contributed by atoms with Crippen LogP contribution in [0.2, 0.25) is 10.0 Å². The molecular formula is C34H27Cl2N3O6S2. The van der Waals surface area contributed by atoms with Crippen molar-refractivity contribution in [2.75, 3.05) is 23.9 Å². The minimum absolute atomic E-state index is 0.00328. The summed E-state index contributed by atoms with van der Waals surface area (Å²) in [5.74, 6) is -0.843. The average molecular weight is 709 g/mol. The molecular weight excluding hydrogens is 681 g/mol. The second-order valence-corrected chi connectivity index (χ2v) is 15.3. The Morgan fingerprint density at radius 1 is 0.936 bits per heavy atom. The highest BCUT2D eigenvalue weighted by molar-refractivity contribution is 8.00. The van der Waals surface area contributed by atoms with E-state index in [2.05, 4.69) is 10.3 Å². The number of aromatic nitrogens is 1. The van der Waals surface area contributed by atoms with Crippen LogP contribution in [0.4, 0.5) is 11.4 Å². The summed E-state index contributed by atoms with van der Waals surface area (Å²) in [6.07, 6.45) is 0.778. The van der Waals surface area contributed by atoms with Crippen molar-refractivity contribution in [2.24, 2.45) is 29.6 Å². The maximum absolute atomic E-state index is 14.0. The van der Waals surface area contributed by atoms with Crippen LogP contribution in [0.5, 0.6) is 11.5 Å². The quantitative estimate of drug-likeness (QED) is 0.212. The van der Waals surface area contributed by atoms with E-state index in [4.69, 9.17) is 32.7 Å². The van der Waals surface area contributed by atoms with Crippen LogP contribution < -0.4 is 24.6 Å². The summed E-state index contributed by atoms with van der Waals surface area (Å²) < 4.78 is 11.6. The van der Waals surface area contributed by atoms with Crippen LogP contribution in [0.15, 0.2) is 76.6 Å². The van der Waals surface area contributed by atoms with Crippen LogP contribution in [0.1, 0.15) is 22.8 Å². The van der Waals surface area contributed by atoms with Crippen LogP contribution in [-0.4, -0.2) is 41.7 Å². The smallest absolute Gasteiger partial charge is 0.305 e. The van der Waals surface area contributed by atoms with Crippen molar-refractivity contribution >= 4 is 75.4 Å². The molecule has 9 nitrogen and oxygen atoms in total. The monoisotopic (exact) mass is 707 g/mol. The summed E-state index contributed by atoms with van der Waals surface area (Å²) in [6.45, 7) is -0.236. The number of methoxy groups -OCH3 is 1. The molecule has 1 saturated heterocycles. The SMILES string of the molecule is COc1cc([C@@H]2c3sc(=O)[nH]c3S[C@@H]3[C@@H]4C[C@@H]([C@@H]5C(=O)N(c6ccc(Cl)cc6)C(=O)[C@@H]45)[C@H]23)ccc1OCC(=O)Nc1ccc(Cl)cc1. The Morgan fingerprint density at radius 3 is 2.32 bits per heavy atom. The number of imide groups is 1. The standard InChI is InChI=1S/C34H27Cl2N3O6S2/c1-44-23-12-15(2-11-22(23)45-14-24(40)37-18-7-3-16(35)4-8-18)25-26-20-13-21(29(26)46-31-30(25)47-34(43)38-31)28-27(20)32(41)39(33(28)42)19-9-5-17(36)6-10-19/h2-12,20-21,25-29H,13-14H2,1H3,(H,37,40)(H,38,43)/t20-,21-,25+,26-,27+,28+,29-/m1/s1. The van der Waals surface area contributed by atoms with E-state index in [1.165, 1.54) is 23.3 Å². The molecule has 47 heavy (non-hydrogen) atoms. The first-order valence-corrected chi connectivity index (χ1v) is 17.6. The van der Waals surface area contributed by atoms with Gasteiger partial charge in [-0.2, -0.15) is 0 Å². The highest BCUT2D eigenvalue weighted by Gasteiger charge is 2.69. The van der Waals surface area contributed by atoms with Gasteiger partial charge in [0.2, 0.25) is 11.8 Å². The zero-order valence-corrected chi connectivity index (χ0v) is 27.9. The third-order valence-electron chi connectivity index (χ3n) is 9.84. The van der Waals surface area contributed by atoms with Crippen molar-refractivity contribution in [1.29, 1.82) is 0 Å². The molecule has 2 aliphatic heterocycles. The van der Waals surface area contributed by atoms with Crippen molar-refractivity contribution in [3.05, 3.63) is 96.9 Å². The van der Waals surface area contributed by atoms with Gasteiger partial charge in [-0.05, 0) is 90.4 Å². The minimum Gasteiger partial charge on any atom is -0.493 e. The normalized spacial score (nSPS) is 27.0. The predicted molar refractivity (Wildman–Crippen MR) is 181 cm³/mol. The number of H-pyrrole nitrogens is 1. The van der Waals surface area contributed by atoms with Crippen LogP contribution >= 0.6 is 46.3 Å². The van der Waals surface area contributed by atoms with Crippen LogP contribution in [-0.2, 0) is 14.4 Å². The van der Waals surface area contributed by atoms with E-state index >= 15 is 0 Å². The summed E-state index contributed by atoms with van der Waals surface area (Å²) in [4.78, 5) is 58.2. The number of ether oxygens (including phenoxy) is 2. The Morgan fingerprint density at radius 2 is 1.62 bits per heavy atom. The van der Waals surface area contributed by atoms with Gasteiger partial charge in [0.05, 0.1) is 29.7 Å². The van der Waals surface area contributed by atoms with E-state index in [0.29, 0.717) is 32.9 Å². The number of benzene rings is 3. The van der Waals surface area contributed by atoms with Crippen LogP contribution in [0.25, 0.3) is 0 Å². The first kappa shape index (κ1) is 30.6. The van der Waals surface area contributed by atoms with Gasteiger partial charge in [-0.1, -0.05) is 40.6 Å². The Kier molecular flexibility index (Phi) is 7.63. The predicted octanol–water partition coefficient (Wildman–Crippen LogP) is 6.45. The molecule has 2 bridgehead atoms. The highest BCUT2D eigenvalue weighted by atomic mass is 35.5. The van der Waals surface area contributed by atoms with Crippen molar-refractivity contribution in [3.8, 4) is 11.5 Å². The number of amides is 3. The average Bonchev–Trinajstić information content (AvgIpc) is 3.80. The maximum atomic E-state index is 14.0. The zero-order valence-electron chi connectivity index (χ0n) is 24.8. The second-order valence-electron chi connectivity index (χ2n) is 12.2. The molecule has 3 fully saturated rings. The number of hydrogen-bond donors (Lipinski definition) is 2. The molecule has 0 spiro atoms. The molecule has 4 aliphatic rings. The largest absolute Gasteiger partial charge is 0.493 e. The lowest BCUT2D eigenvalue weighted by atomic mass is 9.68. The molecule has 7 atom stereocenters. The summed E-state index contributed by atoms with van der Waals surface area (Å²) >= 11 is 14.8. The zero-order chi connectivity index (χ0) is 32.6. The van der Waals surface area contributed by atoms with E-state index in [1.54, 1.807) is 66.4 Å². The number of fused-ring (bicyclic) bond motifs is 9. The molecule has 8 rings (SSSR count). The number of carbonyl (C=O) groups excluding carboxylic acids is 3. The lowest BCUT2D eigenvalue weighted by molar-refractivity contribution is -0.123. The Balaban J connectivity index is 1.09. The van der Waals surface area contributed by atoms with Gasteiger partial charge in [0, 0.05) is 31.8 Å². The number of aromatic amines is 1. The van der Waals surface area contributed by atoms with E-state index in [0.717, 1.165) is 21.9 Å². The van der Waals surface area contributed by atoms with Gasteiger partial charge in [0.15, 0.2) is 18.1 Å². The Labute approximate surface area is 287 Å². The van der Waals surface area contributed by atoms with Crippen molar-refractivity contribution in [3.63, 3.8) is 0 Å². The molecule has 240 valence electrons. The second kappa shape index (κ2) is 11.7. The lowest BCUT2D eigenvalue weighted by Gasteiger charge is -2.43. The van der Waals surface area contributed by atoms with Crippen molar-refractivity contribution in [1.82, 2.24) is 4.98 Å². The third-order valence-corrected chi connectivity index (χ3v) is 12.9. The summed E-state index contributed by atoms with van der Waals surface area (Å²) in [5, 5.41) is 4.74. The van der Waals surface area contributed by atoms with Crippen molar-refractivity contribution in [2.45, 2.75) is 22.6 Å². The minimum atomic E-state index is -0.423. The van der Waals surface area contributed by atoms with Crippen LogP contribution in [0.3, 0.4) is 0 Å². The lowest BCUT2D eigenvalue weighted by Crippen LogP contribution is -2.42. The van der Waals surface area contributed by atoms with E-state index in [1.807, 2.05) is 12.1 Å². The van der Waals surface area contributed by atoms with Gasteiger partial charge >= 0.3 is 4.87 Å². The molecule has 3 aromatic carbocycles. The topological polar surface area (TPSA) is 118 Å². The molecule has 0 unspecified atom stereocenters. The molecule has 4 aromatic rings. The molecule has 13 heteroatoms. The van der Waals surface area contributed by atoms with E-state index < -0.39 is 11.8 Å². The van der Waals surface area contributed by atoms with Gasteiger partial charge in [-0.3, -0.25) is 24.1 Å². The summed E-state index contributed by atoms with van der Waals surface area (Å²) in [5.41, 5.74) is 2.06. The van der Waals surface area contributed by atoms with Gasteiger partial charge in [-0.25, -0.2) is 0 Å². The third kappa shape index (κ3) is 5.06. The molecule has 1 aromatic heterocycles. The number of halogens is 2. The summed E-state index contributed by atoms with van der Waals surface area (Å²) in [6, 6.07) is 19.2. The molecule has 0 radical (unpaired) electrons. The maximum Gasteiger partial charge on any atom is 0.305 e. The number of thioether (sulfide) groups is 1. The number of hydrogen-bond acceptors (Lipinski definition) is 8. The molecule has 2 aliphatic carbocycles. The first-order chi connectivity index (χ1) is 22.7.